The van der Waals surface area contributed by atoms with Gasteiger partial charge >= 0.3 is 0 Å². The number of anilines is 1. The SMILES string of the molecule is O=C(Cc1c[nH]c2ccccc12)Nc1ccccc1Oc1ccccc1Cl. The second-order valence-electron chi connectivity index (χ2n) is 6.11. The molecule has 0 saturated heterocycles. The molecule has 0 aliphatic heterocycles. The summed E-state index contributed by atoms with van der Waals surface area (Å²) in [6.07, 6.45) is 2.14. The van der Waals surface area contributed by atoms with Crippen LogP contribution in [0.2, 0.25) is 5.02 Å². The number of fused-ring (bicyclic) bond motifs is 1. The van der Waals surface area contributed by atoms with E-state index in [0.29, 0.717) is 22.2 Å². The molecule has 0 fully saturated rings. The lowest BCUT2D eigenvalue weighted by atomic mass is 10.1. The van der Waals surface area contributed by atoms with Gasteiger partial charge in [-0.1, -0.05) is 54.1 Å². The topological polar surface area (TPSA) is 54.1 Å². The molecule has 0 aliphatic carbocycles. The third-order valence-corrected chi connectivity index (χ3v) is 4.56. The molecule has 5 heteroatoms. The van der Waals surface area contributed by atoms with E-state index in [1.165, 1.54) is 0 Å². The van der Waals surface area contributed by atoms with Crippen molar-refractivity contribution in [1.29, 1.82) is 0 Å². The van der Waals surface area contributed by atoms with E-state index in [4.69, 9.17) is 16.3 Å². The summed E-state index contributed by atoms with van der Waals surface area (Å²) in [4.78, 5) is 15.8. The van der Waals surface area contributed by atoms with Gasteiger partial charge in [0, 0.05) is 17.1 Å². The fourth-order valence-electron chi connectivity index (χ4n) is 2.95. The highest BCUT2D eigenvalue weighted by Crippen LogP contribution is 2.33. The van der Waals surface area contributed by atoms with Gasteiger partial charge in [-0.05, 0) is 35.9 Å². The van der Waals surface area contributed by atoms with Crippen molar-refractivity contribution in [3.63, 3.8) is 0 Å². The Morgan fingerprint density at radius 2 is 1.63 bits per heavy atom. The van der Waals surface area contributed by atoms with E-state index < -0.39 is 0 Å². The zero-order valence-corrected chi connectivity index (χ0v) is 15.2. The minimum Gasteiger partial charge on any atom is -0.454 e. The molecule has 0 spiro atoms. The molecule has 4 aromatic rings. The Balaban J connectivity index is 1.52. The molecule has 3 aromatic carbocycles. The van der Waals surface area contributed by atoms with Crippen molar-refractivity contribution in [2.45, 2.75) is 6.42 Å². The number of para-hydroxylation sites is 4. The minimum atomic E-state index is -0.116. The predicted octanol–water partition coefficient (Wildman–Crippen LogP) is 5.79. The van der Waals surface area contributed by atoms with Gasteiger partial charge in [-0.15, -0.1) is 0 Å². The molecule has 0 saturated carbocycles. The van der Waals surface area contributed by atoms with E-state index >= 15 is 0 Å². The molecule has 27 heavy (non-hydrogen) atoms. The second-order valence-corrected chi connectivity index (χ2v) is 6.52. The number of nitrogens with one attached hydrogen (secondary N) is 2. The van der Waals surface area contributed by atoms with Crippen molar-refractivity contribution in [3.8, 4) is 11.5 Å². The average molecular weight is 377 g/mol. The Bertz CT molecular complexity index is 1100. The first-order chi connectivity index (χ1) is 13.2. The molecular weight excluding hydrogens is 360 g/mol. The van der Waals surface area contributed by atoms with Crippen LogP contribution in [0, 0.1) is 0 Å². The van der Waals surface area contributed by atoms with Crippen molar-refractivity contribution in [2.24, 2.45) is 0 Å². The summed E-state index contributed by atoms with van der Waals surface area (Å²) in [5.74, 6) is 0.963. The van der Waals surface area contributed by atoms with Crippen LogP contribution in [0.3, 0.4) is 0 Å². The van der Waals surface area contributed by atoms with Crippen LogP contribution in [0.5, 0.6) is 11.5 Å². The van der Waals surface area contributed by atoms with Gasteiger partial charge in [-0.25, -0.2) is 0 Å². The molecule has 4 nitrogen and oxygen atoms in total. The maximum Gasteiger partial charge on any atom is 0.228 e. The molecule has 0 atom stereocenters. The van der Waals surface area contributed by atoms with Gasteiger partial charge in [-0.3, -0.25) is 4.79 Å². The zero-order valence-electron chi connectivity index (χ0n) is 14.4. The van der Waals surface area contributed by atoms with Crippen molar-refractivity contribution in [3.05, 3.63) is 89.6 Å². The van der Waals surface area contributed by atoms with Crippen molar-refractivity contribution >= 4 is 34.1 Å². The molecule has 4 rings (SSSR count). The number of aromatic amines is 1. The normalized spacial score (nSPS) is 10.7. The number of carbonyl (C=O) groups is 1. The summed E-state index contributed by atoms with van der Waals surface area (Å²) >= 11 is 6.17. The van der Waals surface area contributed by atoms with Gasteiger partial charge < -0.3 is 15.0 Å². The Kier molecular flexibility index (Phi) is 4.81. The smallest absolute Gasteiger partial charge is 0.228 e. The number of H-pyrrole nitrogens is 1. The Morgan fingerprint density at radius 3 is 2.48 bits per heavy atom. The standard InChI is InChI=1S/C22H17ClN2O2/c23-17-8-2-5-11-20(17)27-21-12-6-4-10-19(21)25-22(26)13-15-14-24-18-9-3-1-7-16(15)18/h1-12,14,24H,13H2,(H,25,26). The largest absolute Gasteiger partial charge is 0.454 e. The quantitative estimate of drug-likeness (QED) is 0.462. The van der Waals surface area contributed by atoms with Gasteiger partial charge in [0.2, 0.25) is 5.91 Å². The lowest BCUT2D eigenvalue weighted by molar-refractivity contribution is -0.115. The van der Waals surface area contributed by atoms with Crippen molar-refractivity contribution < 1.29 is 9.53 Å². The fraction of sp³-hybridized carbons (Fsp3) is 0.0455. The average Bonchev–Trinajstić information content (AvgIpc) is 3.08. The van der Waals surface area contributed by atoms with Crippen LogP contribution in [-0.4, -0.2) is 10.9 Å². The maximum atomic E-state index is 12.6. The first-order valence-corrected chi connectivity index (χ1v) is 8.95. The second kappa shape index (κ2) is 7.56. The molecule has 0 radical (unpaired) electrons. The number of carbonyl (C=O) groups excluding carboxylic acids is 1. The van der Waals surface area contributed by atoms with E-state index in [1.807, 2.05) is 54.7 Å². The Morgan fingerprint density at radius 1 is 0.926 bits per heavy atom. The molecule has 1 heterocycles. The maximum absolute atomic E-state index is 12.6. The van der Waals surface area contributed by atoms with Gasteiger partial charge in [-0.2, -0.15) is 0 Å². The first kappa shape index (κ1) is 17.2. The number of rotatable bonds is 5. The Labute approximate surface area is 161 Å². The van der Waals surface area contributed by atoms with Gasteiger partial charge in [0.1, 0.15) is 5.75 Å². The molecule has 1 aromatic heterocycles. The number of hydrogen-bond acceptors (Lipinski definition) is 2. The number of aromatic nitrogens is 1. The van der Waals surface area contributed by atoms with Gasteiger partial charge in [0.25, 0.3) is 0 Å². The summed E-state index contributed by atoms with van der Waals surface area (Å²) in [6, 6.07) is 22.4. The molecule has 1 amide bonds. The third kappa shape index (κ3) is 3.81. The molecule has 2 N–H and O–H groups in total. The van der Waals surface area contributed by atoms with Crippen LogP contribution < -0.4 is 10.1 Å². The van der Waals surface area contributed by atoms with Crippen LogP contribution in [0.15, 0.2) is 79.0 Å². The van der Waals surface area contributed by atoms with Crippen LogP contribution >= 0.6 is 11.6 Å². The van der Waals surface area contributed by atoms with E-state index in [0.717, 1.165) is 16.5 Å². The van der Waals surface area contributed by atoms with E-state index in [9.17, 15) is 4.79 Å². The van der Waals surface area contributed by atoms with E-state index in [1.54, 1.807) is 24.3 Å². The van der Waals surface area contributed by atoms with Crippen LogP contribution in [-0.2, 0) is 11.2 Å². The van der Waals surface area contributed by atoms with Crippen molar-refractivity contribution in [1.82, 2.24) is 4.98 Å². The summed E-state index contributed by atoms with van der Waals surface area (Å²) in [7, 11) is 0. The van der Waals surface area contributed by atoms with E-state index in [-0.39, 0.29) is 12.3 Å². The number of benzene rings is 3. The first-order valence-electron chi connectivity index (χ1n) is 8.57. The predicted molar refractivity (Wildman–Crippen MR) is 109 cm³/mol. The van der Waals surface area contributed by atoms with Crippen LogP contribution in [0.4, 0.5) is 5.69 Å². The highest BCUT2D eigenvalue weighted by molar-refractivity contribution is 6.32. The van der Waals surface area contributed by atoms with Crippen LogP contribution in [0.1, 0.15) is 5.56 Å². The highest BCUT2D eigenvalue weighted by atomic mass is 35.5. The summed E-state index contributed by atoms with van der Waals surface area (Å²) in [5.41, 5.74) is 2.57. The molecule has 0 aliphatic rings. The van der Waals surface area contributed by atoms with Gasteiger partial charge in [0.05, 0.1) is 17.1 Å². The highest BCUT2D eigenvalue weighted by Gasteiger charge is 2.12. The van der Waals surface area contributed by atoms with Crippen LogP contribution in [0.25, 0.3) is 10.9 Å². The lowest BCUT2D eigenvalue weighted by Crippen LogP contribution is -2.14. The minimum absolute atomic E-state index is 0.116. The monoisotopic (exact) mass is 376 g/mol. The molecular formula is C22H17ClN2O2. The Hall–Kier alpha value is -3.24. The van der Waals surface area contributed by atoms with Crippen molar-refractivity contribution in [2.75, 3.05) is 5.32 Å². The molecule has 0 bridgehead atoms. The zero-order chi connectivity index (χ0) is 18.6. The number of amides is 1. The molecule has 134 valence electrons. The molecule has 0 unspecified atom stereocenters. The lowest BCUT2D eigenvalue weighted by Gasteiger charge is -2.13. The summed E-state index contributed by atoms with van der Waals surface area (Å²) in [5, 5.41) is 4.49. The van der Waals surface area contributed by atoms with E-state index in [2.05, 4.69) is 10.3 Å². The number of halogens is 1. The van der Waals surface area contributed by atoms with Gasteiger partial charge in [0.15, 0.2) is 5.75 Å². The number of hydrogen-bond donors (Lipinski definition) is 2. The summed E-state index contributed by atoms with van der Waals surface area (Å²) in [6.45, 7) is 0. The third-order valence-electron chi connectivity index (χ3n) is 4.24. The number of ether oxygens (including phenoxy) is 1. The fourth-order valence-corrected chi connectivity index (χ4v) is 3.12. The summed E-state index contributed by atoms with van der Waals surface area (Å²) < 4.78 is 5.89.